The van der Waals surface area contributed by atoms with Crippen LogP contribution in [0.2, 0.25) is 0 Å². The summed E-state index contributed by atoms with van der Waals surface area (Å²) in [5.41, 5.74) is 0. The topological polar surface area (TPSA) is 49.3 Å². The summed E-state index contributed by atoms with van der Waals surface area (Å²) in [5.74, 6) is -0.852. The third kappa shape index (κ3) is 4.09. The molecule has 0 bridgehead atoms. The van der Waals surface area contributed by atoms with Gasteiger partial charge in [-0.3, -0.25) is 4.79 Å². The van der Waals surface area contributed by atoms with Gasteiger partial charge in [0.2, 0.25) is 5.91 Å². The fourth-order valence-electron chi connectivity index (χ4n) is 0.505. The second-order valence-corrected chi connectivity index (χ2v) is 4.76. The zero-order chi connectivity index (χ0) is 10.6. The van der Waals surface area contributed by atoms with Crippen LogP contribution in [0.25, 0.3) is 0 Å². The average Bonchev–Trinajstić information content (AvgIpc) is 2.03. The molecule has 78 valence electrons. The number of rotatable bonds is 4. The summed E-state index contributed by atoms with van der Waals surface area (Å²) in [6.45, 7) is 1.50. The van der Waals surface area contributed by atoms with Crippen molar-refractivity contribution in [3.8, 4) is 0 Å². The van der Waals surface area contributed by atoms with E-state index in [1.54, 1.807) is 0 Å². The van der Waals surface area contributed by atoms with Crippen LogP contribution in [0.4, 0.5) is 0 Å². The van der Waals surface area contributed by atoms with E-state index in [4.69, 9.17) is 46.4 Å². The first-order chi connectivity index (χ1) is 5.82. The molecule has 0 aliphatic rings. The quantitative estimate of drug-likeness (QED) is 0.599. The van der Waals surface area contributed by atoms with Crippen molar-refractivity contribution in [1.82, 2.24) is 5.32 Å². The van der Waals surface area contributed by atoms with E-state index in [1.165, 1.54) is 6.92 Å². The van der Waals surface area contributed by atoms with E-state index in [0.717, 1.165) is 0 Å². The van der Waals surface area contributed by atoms with Gasteiger partial charge in [0.1, 0.15) is 5.88 Å². The van der Waals surface area contributed by atoms with Gasteiger partial charge in [0.05, 0.1) is 5.38 Å². The Labute approximate surface area is 96.3 Å². The summed E-state index contributed by atoms with van der Waals surface area (Å²) < 4.78 is -1.64. The Kier molecular flexibility index (Phi) is 5.71. The maximum Gasteiger partial charge on any atom is 0.236 e. The number of alkyl halides is 4. The number of carbonyl (C=O) groups is 1. The van der Waals surface area contributed by atoms with E-state index in [1.807, 2.05) is 0 Å². The number of carbonyl (C=O) groups excluding carboxylic acids is 1. The van der Waals surface area contributed by atoms with Gasteiger partial charge in [-0.2, -0.15) is 0 Å². The normalized spacial score (nSPS) is 16.5. The third-order valence-corrected chi connectivity index (χ3v) is 3.19. The molecule has 2 N–H and O–H groups in total. The van der Waals surface area contributed by atoms with Crippen LogP contribution in [-0.4, -0.2) is 32.8 Å². The van der Waals surface area contributed by atoms with Crippen LogP contribution in [0.1, 0.15) is 6.92 Å². The summed E-state index contributed by atoms with van der Waals surface area (Å²) in [7, 11) is 0. The highest BCUT2D eigenvalue weighted by Gasteiger charge is 2.39. The first-order valence-electron chi connectivity index (χ1n) is 3.37. The molecule has 0 aliphatic heterocycles. The molecule has 0 saturated heterocycles. The average molecular weight is 269 g/mol. The van der Waals surface area contributed by atoms with Gasteiger partial charge in [-0.05, 0) is 6.92 Å². The van der Waals surface area contributed by atoms with Crippen molar-refractivity contribution in [1.29, 1.82) is 0 Å². The summed E-state index contributed by atoms with van der Waals surface area (Å²) in [6.07, 6.45) is -1.45. The molecular formula is C6H9Cl4NO2. The molecule has 0 unspecified atom stereocenters. The highest BCUT2D eigenvalue weighted by molar-refractivity contribution is 6.52. The van der Waals surface area contributed by atoms with Gasteiger partial charge in [0, 0.05) is 0 Å². The predicted molar refractivity (Wildman–Crippen MR) is 54.6 cm³/mol. The van der Waals surface area contributed by atoms with Gasteiger partial charge in [-0.15, -0.1) is 23.2 Å². The lowest BCUT2D eigenvalue weighted by Crippen LogP contribution is -2.50. The van der Waals surface area contributed by atoms with E-state index >= 15 is 0 Å². The van der Waals surface area contributed by atoms with Gasteiger partial charge in [0.15, 0.2) is 10.6 Å². The summed E-state index contributed by atoms with van der Waals surface area (Å²) in [4.78, 5) is 10.7. The zero-order valence-electron chi connectivity index (χ0n) is 6.73. The minimum Gasteiger partial charge on any atom is -0.370 e. The van der Waals surface area contributed by atoms with Gasteiger partial charge >= 0.3 is 0 Å². The molecule has 13 heavy (non-hydrogen) atoms. The fraction of sp³-hybridized carbons (Fsp3) is 0.833. The van der Waals surface area contributed by atoms with Gasteiger partial charge in [0.25, 0.3) is 0 Å². The van der Waals surface area contributed by atoms with Gasteiger partial charge in [-0.1, -0.05) is 23.2 Å². The first kappa shape index (κ1) is 13.6. The van der Waals surface area contributed by atoms with Crippen LogP contribution < -0.4 is 5.32 Å². The molecule has 0 aliphatic carbocycles. The number of halogens is 4. The Bertz CT molecular complexity index is 185. The Morgan fingerprint density at radius 1 is 1.62 bits per heavy atom. The van der Waals surface area contributed by atoms with Crippen molar-refractivity contribution >= 4 is 52.3 Å². The molecule has 3 nitrogen and oxygen atoms in total. The third-order valence-electron chi connectivity index (χ3n) is 1.31. The number of nitrogens with one attached hydrogen (secondary N) is 1. The van der Waals surface area contributed by atoms with Crippen molar-refractivity contribution in [2.75, 3.05) is 5.88 Å². The Balaban J connectivity index is 4.24. The van der Waals surface area contributed by atoms with Crippen LogP contribution in [0.5, 0.6) is 0 Å². The Hall–Kier alpha value is 0.590. The molecular weight excluding hydrogens is 260 g/mol. The molecule has 0 saturated carbocycles. The van der Waals surface area contributed by atoms with Crippen LogP contribution in [0.15, 0.2) is 0 Å². The monoisotopic (exact) mass is 267 g/mol. The molecule has 0 spiro atoms. The standard InChI is InChI=1S/C6H9Cl4NO2/c1-3(8)6(9,10)5(13)11-4(12)2-7/h3,5,13H,2H2,1H3,(H,11,12)/t3-,5-/m1/s1. The molecule has 0 aromatic rings. The van der Waals surface area contributed by atoms with Crippen molar-refractivity contribution in [2.45, 2.75) is 22.9 Å². The molecule has 7 heteroatoms. The van der Waals surface area contributed by atoms with Gasteiger partial charge in [-0.25, -0.2) is 0 Å². The number of aliphatic hydroxyl groups excluding tert-OH is 1. The fourth-order valence-corrected chi connectivity index (χ4v) is 0.810. The van der Waals surface area contributed by atoms with Crippen LogP contribution in [-0.2, 0) is 4.79 Å². The van der Waals surface area contributed by atoms with Gasteiger partial charge < -0.3 is 10.4 Å². The van der Waals surface area contributed by atoms with E-state index in [2.05, 4.69) is 5.32 Å². The summed E-state index contributed by atoms with van der Waals surface area (Å²) in [6, 6.07) is 0. The van der Waals surface area contributed by atoms with E-state index in [0.29, 0.717) is 0 Å². The van der Waals surface area contributed by atoms with Crippen molar-refractivity contribution < 1.29 is 9.90 Å². The number of hydrogen-bond acceptors (Lipinski definition) is 2. The van der Waals surface area contributed by atoms with Crippen molar-refractivity contribution in [3.63, 3.8) is 0 Å². The van der Waals surface area contributed by atoms with E-state index in [-0.39, 0.29) is 5.88 Å². The number of amides is 1. The largest absolute Gasteiger partial charge is 0.370 e. The Morgan fingerprint density at radius 3 is 2.38 bits per heavy atom. The lowest BCUT2D eigenvalue weighted by Gasteiger charge is -2.28. The molecule has 0 rings (SSSR count). The van der Waals surface area contributed by atoms with Crippen molar-refractivity contribution in [3.05, 3.63) is 0 Å². The second-order valence-electron chi connectivity index (χ2n) is 2.39. The predicted octanol–water partition coefficient (Wildman–Crippen LogP) is 1.46. The molecule has 0 heterocycles. The lowest BCUT2D eigenvalue weighted by molar-refractivity contribution is -0.121. The maximum absolute atomic E-state index is 10.7. The number of aliphatic hydroxyl groups is 1. The van der Waals surface area contributed by atoms with Crippen LogP contribution >= 0.6 is 46.4 Å². The number of hydrogen-bond donors (Lipinski definition) is 2. The highest BCUT2D eigenvalue weighted by Crippen LogP contribution is 2.31. The molecule has 2 atom stereocenters. The van der Waals surface area contributed by atoms with E-state index in [9.17, 15) is 9.90 Å². The van der Waals surface area contributed by atoms with E-state index < -0.39 is 21.8 Å². The minimum absolute atomic E-state index is 0.280. The molecule has 1 amide bonds. The molecule has 0 aromatic carbocycles. The minimum atomic E-state index is -1.64. The molecule has 0 aromatic heterocycles. The Morgan fingerprint density at radius 2 is 2.08 bits per heavy atom. The summed E-state index contributed by atoms with van der Waals surface area (Å²) >= 11 is 22.1. The van der Waals surface area contributed by atoms with Crippen LogP contribution in [0.3, 0.4) is 0 Å². The smallest absolute Gasteiger partial charge is 0.236 e. The lowest BCUT2D eigenvalue weighted by atomic mass is 10.3. The van der Waals surface area contributed by atoms with Crippen molar-refractivity contribution in [2.24, 2.45) is 0 Å². The molecule has 0 fully saturated rings. The van der Waals surface area contributed by atoms with Crippen LogP contribution in [0, 0.1) is 0 Å². The second kappa shape index (κ2) is 5.47. The maximum atomic E-state index is 10.7. The summed E-state index contributed by atoms with van der Waals surface area (Å²) in [5, 5.41) is 10.7. The highest BCUT2D eigenvalue weighted by atomic mass is 35.5. The first-order valence-corrected chi connectivity index (χ1v) is 5.10. The molecule has 0 radical (unpaired) electrons. The zero-order valence-corrected chi connectivity index (χ0v) is 9.75. The SMILES string of the molecule is C[C@@H](Cl)C(Cl)(Cl)[C@@H](O)NC(=O)CCl.